The summed E-state index contributed by atoms with van der Waals surface area (Å²) in [7, 11) is 1.67. The number of nitrogens with zero attached hydrogens (tertiary/aromatic N) is 2. The number of hydrogen-bond acceptors (Lipinski definition) is 5. The summed E-state index contributed by atoms with van der Waals surface area (Å²) in [5.41, 5.74) is 2.53. The predicted octanol–water partition coefficient (Wildman–Crippen LogP) is 8.02. The molecular formula is C33H43ClN2O3. The van der Waals surface area contributed by atoms with Gasteiger partial charge >= 0.3 is 5.97 Å². The standard InChI is InChI=1S/C33H43ClN2O3/c1-3-4-5-6-10-20-36-21-18-33(19-22-36,32(37)39-25-26-12-8-7-9-13-26)17-11-14-28-29-23-27(38-2)15-16-31(29)35-24-30(28)34/h7-9,12-13,15-16,23-24H,3-6,10-11,14,17-22,25H2,1-2H3. The molecule has 0 amide bonds. The Hall–Kier alpha value is -2.63. The Labute approximate surface area is 238 Å². The van der Waals surface area contributed by atoms with Gasteiger partial charge in [-0.15, -0.1) is 0 Å². The normalized spacial score (nSPS) is 15.4. The number of benzene rings is 2. The Kier molecular flexibility index (Phi) is 11.0. The highest BCUT2D eigenvalue weighted by atomic mass is 35.5. The number of carbonyl (C=O) groups is 1. The molecule has 0 N–H and O–H groups in total. The SMILES string of the molecule is CCCCCCCN1CCC(CCCc2c(Cl)cnc3ccc(OC)cc23)(C(=O)OCc2ccccc2)CC1. The molecule has 0 bridgehead atoms. The molecular weight excluding hydrogens is 508 g/mol. The molecule has 3 aromatic rings. The monoisotopic (exact) mass is 550 g/mol. The second kappa shape index (κ2) is 14.7. The van der Waals surface area contributed by atoms with Crippen LogP contribution in [-0.4, -0.2) is 42.6 Å². The molecule has 2 aromatic carbocycles. The third-order valence-corrected chi connectivity index (χ3v) is 8.58. The molecule has 2 heterocycles. The van der Waals surface area contributed by atoms with Gasteiger partial charge in [0.25, 0.3) is 0 Å². The van der Waals surface area contributed by atoms with E-state index >= 15 is 0 Å². The number of aromatic nitrogens is 1. The summed E-state index contributed by atoms with van der Waals surface area (Å²) in [5.74, 6) is 0.733. The molecule has 1 aliphatic rings. The molecule has 0 aliphatic carbocycles. The maximum Gasteiger partial charge on any atom is 0.312 e. The van der Waals surface area contributed by atoms with Crippen LogP contribution in [0.25, 0.3) is 10.9 Å². The van der Waals surface area contributed by atoms with Crippen molar-refractivity contribution in [3.8, 4) is 5.75 Å². The number of hydrogen-bond donors (Lipinski definition) is 0. The molecule has 4 rings (SSSR count). The van der Waals surface area contributed by atoms with Crippen LogP contribution in [0.5, 0.6) is 5.75 Å². The van der Waals surface area contributed by atoms with E-state index in [1.807, 2.05) is 48.5 Å². The van der Waals surface area contributed by atoms with Gasteiger partial charge in [-0.1, -0.05) is 74.5 Å². The van der Waals surface area contributed by atoms with Crippen LogP contribution in [0.15, 0.2) is 54.7 Å². The smallest absolute Gasteiger partial charge is 0.312 e. The molecule has 1 saturated heterocycles. The molecule has 0 radical (unpaired) electrons. The Balaban J connectivity index is 1.43. The van der Waals surface area contributed by atoms with Crippen LogP contribution in [-0.2, 0) is 22.6 Å². The topological polar surface area (TPSA) is 51.7 Å². The van der Waals surface area contributed by atoms with E-state index in [0.29, 0.717) is 11.6 Å². The second-order valence-corrected chi connectivity index (χ2v) is 11.3. The van der Waals surface area contributed by atoms with E-state index in [1.165, 1.54) is 32.1 Å². The third-order valence-electron chi connectivity index (χ3n) is 8.25. The van der Waals surface area contributed by atoms with E-state index in [2.05, 4.69) is 16.8 Å². The summed E-state index contributed by atoms with van der Waals surface area (Å²) >= 11 is 6.63. The van der Waals surface area contributed by atoms with Crippen LogP contribution in [0, 0.1) is 5.41 Å². The fourth-order valence-electron chi connectivity index (χ4n) is 5.76. The zero-order valence-electron chi connectivity index (χ0n) is 23.6. The van der Waals surface area contributed by atoms with Gasteiger partial charge in [-0.25, -0.2) is 0 Å². The van der Waals surface area contributed by atoms with E-state index in [4.69, 9.17) is 21.1 Å². The first kappa shape index (κ1) is 29.4. The molecule has 1 fully saturated rings. The lowest BCUT2D eigenvalue weighted by Gasteiger charge is -2.40. The molecule has 0 spiro atoms. The molecule has 5 nitrogen and oxygen atoms in total. The van der Waals surface area contributed by atoms with Crippen LogP contribution < -0.4 is 4.74 Å². The zero-order valence-corrected chi connectivity index (χ0v) is 24.3. The van der Waals surface area contributed by atoms with Crippen molar-refractivity contribution in [1.29, 1.82) is 0 Å². The molecule has 0 unspecified atom stereocenters. The highest BCUT2D eigenvalue weighted by Gasteiger charge is 2.42. The molecule has 1 aliphatic heterocycles. The van der Waals surface area contributed by atoms with Gasteiger partial charge in [-0.2, -0.15) is 0 Å². The number of esters is 1. The van der Waals surface area contributed by atoms with Crippen molar-refractivity contribution >= 4 is 28.5 Å². The Morgan fingerprint density at radius 1 is 1.03 bits per heavy atom. The van der Waals surface area contributed by atoms with Crippen molar-refractivity contribution in [2.24, 2.45) is 5.41 Å². The van der Waals surface area contributed by atoms with Crippen LogP contribution in [0.2, 0.25) is 5.02 Å². The number of rotatable bonds is 14. The van der Waals surface area contributed by atoms with E-state index in [9.17, 15) is 4.79 Å². The van der Waals surface area contributed by atoms with Gasteiger partial charge in [-0.3, -0.25) is 9.78 Å². The predicted molar refractivity (Wildman–Crippen MR) is 159 cm³/mol. The summed E-state index contributed by atoms with van der Waals surface area (Å²) in [6, 6.07) is 15.8. The molecule has 210 valence electrons. The van der Waals surface area contributed by atoms with Gasteiger partial charge < -0.3 is 14.4 Å². The first-order valence-corrected chi connectivity index (χ1v) is 15.0. The summed E-state index contributed by atoms with van der Waals surface area (Å²) < 4.78 is 11.4. The molecule has 6 heteroatoms. The minimum atomic E-state index is -0.458. The highest BCUT2D eigenvalue weighted by molar-refractivity contribution is 6.32. The van der Waals surface area contributed by atoms with Gasteiger partial charge in [0.15, 0.2) is 0 Å². The number of carbonyl (C=O) groups excluding carboxylic acids is 1. The summed E-state index contributed by atoms with van der Waals surface area (Å²) in [6.07, 6.45) is 12.3. The van der Waals surface area contributed by atoms with Gasteiger partial charge in [0.1, 0.15) is 12.4 Å². The van der Waals surface area contributed by atoms with Crippen LogP contribution in [0.1, 0.15) is 75.8 Å². The summed E-state index contributed by atoms with van der Waals surface area (Å²) in [5, 5.41) is 1.68. The minimum Gasteiger partial charge on any atom is -0.497 e. The number of ether oxygens (including phenoxy) is 2. The Morgan fingerprint density at radius 2 is 1.79 bits per heavy atom. The van der Waals surface area contributed by atoms with E-state index < -0.39 is 5.41 Å². The van der Waals surface area contributed by atoms with Gasteiger partial charge in [0, 0.05) is 11.6 Å². The lowest BCUT2D eigenvalue weighted by atomic mass is 9.74. The van der Waals surface area contributed by atoms with E-state index in [0.717, 1.165) is 79.5 Å². The van der Waals surface area contributed by atoms with Crippen LogP contribution in [0.4, 0.5) is 0 Å². The van der Waals surface area contributed by atoms with Gasteiger partial charge in [0.05, 0.1) is 23.1 Å². The van der Waals surface area contributed by atoms with Crippen molar-refractivity contribution in [3.05, 3.63) is 70.9 Å². The Morgan fingerprint density at radius 3 is 2.54 bits per heavy atom. The molecule has 1 aromatic heterocycles. The molecule has 0 saturated carbocycles. The number of likely N-dealkylation sites (tertiary alicyclic amines) is 1. The quantitative estimate of drug-likeness (QED) is 0.150. The largest absolute Gasteiger partial charge is 0.497 e. The van der Waals surface area contributed by atoms with Crippen molar-refractivity contribution < 1.29 is 14.3 Å². The third kappa shape index (κ3) is 7.95. The number of pyridine rings is 1. The maximum absolute atomic E-state index is 13.6. The summed E-state index contributed by atoms with van der Waals surface area (Å²) in [4.78, 5) is 20.7. The molecule has 39 heavy (non-hydrogen) atoms. The first-order valence-electron chi connectivity index (χ1n) is 14.6. The van der Waals surface area contributed by atoms with Crippen LogP contribution in [0.3, 0.4) is 0 Å². The zero-order chi connectivity index (χ0) is 27.5. The number of piperidine rings is 1. The average Bonchev–Trinajstić information content (AvgIpc) is 2.98. The van der Waals surface area contributed by atoms with Crippen molar-refractivity contribution in [1.82, 2.24) is 9.88 Å². The highest BCUT2D eigenvalue weighted by Crippen LogP contribution is 2.39. The first-order chi connectivity index (χ1) is 19.0. The minimum absolute atomic E-state index is 0.0544. The fourth-order valence-corrected chi connectivity index (χ4v) is 6.01. The van der Waals surface area contributed by atoms with Crippen molar-refractivity contribution in [3.63, 3.8) is 0 Å². The molecule has 0 atom stereocenters. The lowest BCUT2D eigenvalue weighted by Crippen LogP contribution is -2.45. The van der Waals surface area contributed by atoms with Crippen molar-refractivity contribution in [2.75, 3.05) is 26.7 Å². The number of fused-ring (bicyclic) bond motifs is 1. The number of unbranched alkanes of at least 4 members (excludes halogenated alkanes) is 4. The number of methoxy groups -OCH3 is 1. The van der Waals surface area contributed by atoms with E-state index in [-0.39, 0.29) is 5.97 Å². The van der Waals surface area contributed by atoms with Gasteiger partial charge in [-0.05, 0) is 87.5 Å². The summed E-state index contributed by atoms with van der Waals surface area (Å²) in [6.45, 7) is 5.60. The van der Waals surface area contributed by atoms with Crippen LogP contribution >= 0.6 is 11.6 Å². The number of halogens is 1. The maximum atomic E-state index is 13.6. The van der Waals surface area contributed by atoms with Crippen molar-refractivity contribution in [2.45, 2.75) is 77.7 Å². The van der Waals surface area contributed by atoms with Gasteiger partial charge in [0.2, 0.25) is 0 Å². The van der Waals surface area contributed by atoms with E-state index in [1.54, 1.807) is 13.3 Å². The second-order valence-electron chi connectivity index (χ2n) is 10.9. The number of aryl methyl sites for hydroxylation is 1. The fraction of sp³-hybridized carbons (Fsp3) is 0.515. The lowest BCUT2D eigenvalue weighted by molar-refractivity contribution is -0.161. The average molecular weight is 551 g/mol. The Bertz CT molecular complexity index is 1190.